The van der Waals surface area contributed by atoms with Crippen LogP contribution in [0.2, 0.25) is 0 Å². The molecule has 0 fully saturated rings. The number of halogens is 1. The third-order valence-electron chi connectivity index (χ3n) is 3.71. The highest BCUT2D eigenvalue weighted by Crippen LogP contribution is 2.23. The van der Waals surface area contributed by atoms with E-state index in [4.69, 9.17) is 5.73 Å². The third kappa shape index (κ3) is 3.80. The SMILES string of the molecule is CCC(N)(CC)C(=O)NC(C)(C)c1ccc(Br)cc1. The molecule has 0 spiro atoms. The van der Waals surface area contributed by atoms with Crippen LogP contribution in [-0.4, -0.2) is 11.4 Å². The zero-order valence-electron chi connectivity index (χ0n) is 12.1. The summed E-state index contributed by atoms with van der Waals surface area (Å²) in [6.07, 6.45) is 1.26. The summed E-state index contributed by atoms with van der Waals surface area (Å²) >= 11 is 3.41. The molecular weight excluding hydrogens is 304 g/mol. The highest BCUT2D eigenvalue weighted by molar-refractivity contribution is 9.10. The van der Waals surface area contributed by atoms with Gasteiger partial charge in [-0.2, -0.15) is 0 Å². The van der Waals surface area contributed by atoms with Crippen molar-refractivity contribution in [1.29, 1.82) is 0 Å². The van der Waals surface area contributed by atoms with E-state index in [2.05, 4.69) is 21.2 Å². The van der Waals surface area contributed by atoms with Crippen molar-refractivity contribution in [3.63, 3.8) is 0 Å². The minimum Gasteiger partial charge on any atom is -0.346 e. The predicted octanol–water partition coefficient (Wildman–Crippen LogP) is 3.32. The van der Waals surface area contributed by atoms with Crippen molar-refractivity contribution in [3.8, 4) is 0 Å². The van der Waals surface area contributed by atoms with Crippen molar-refractivity contribution in [2.24, 2.45) is 5.73 Å². The maximum atomic E-state index is 12.3. The summed E-state index contributed by atoms with van der Waals surface area (Å²) in [5.74, 6) is -0.0922. The molecule has 106 valence electrons. The van der Waals surface area contributed by atoms with Crippen molar-refractivity contribution < 1.29 is 4.79 Å². The smallest absolute Gasteiger partial charge is 0.240 e. The second kappa shape index (κ2) is 6.06. The second-order valence-electron chi connectivity index (χ2n) is 5.45. The summed E-state index contributed by atoms with van der Waals surface area (Å²) in [4.78, 5) is 12.3. The molecule has 0 aromatic heterocycles. The van der Waals surface area contributed by atoms with E-state index in [-0.39, 0.29) is 5.91 Å². The Hall–Kier alpha value is -0.870. The summed E-state index contributed by atoms with van der Waals surface area (Å²) in [6.45, 7) is 7.85. The molecule has 0 radical (unpaired) electrons. The number of rotatable bonds is 5. The van der Waals surface area contributed by atoms with Gasteiger partial charge in [0.05, 0.1) is 11.1 Å². The van der Waals surface area contributed by atoms with Gasteiger partial charge in [-0.3, -0.25) is 4.79 Å². The summed E-state index contributed by atoms with van der Waals surface area (Å²) in [7, 11) is 0. The molecule has 0 aliphatic heterocycles. The van der Waals surface area contributed by atoms with Crippen molar-refractivity contribution >= 4 is 21.8 Å². The van der Waals surface area contributed by atoms with Crippen LogP contribution in [0.1, 0.15) is 46.1 Å². The topological polar surface area (TPSA) is 55.1 Å². The monoisotopic (exact) mass is 326 g/mol. The van der Waals surface area contributed by atoms with Crippen LogP contribution in [0.4, 0.5) is 0 Å². The predicted molar refractivity (Wildman–Crippen MR) is 82.8 cm³/mol. The van der Waals surface area contributed by atoms with E-state index >= 15 is 0 Å². The molecule has 0 heterocycles. The van der Waals surface area contributed by atoms with E-state index in [0.717, 1.165) is 10.0 Å². The summed E-state index contributed by atoms with van der Waals surface area (Å²) in [5.41, 5.74) is 5.96. The van der Waals surface area contributed by atoms with Gasteiger partial charge in [-0.05, 0) is 44.4 Å². The molecule has 0 bridgehead atoms. The minimum atomic E-state index is -0.785. The zero-order valence-corrected chi connectivity index (χ0v) is 13.7. The van der Waals surface area contributed by atoms with Crippen LogP contribution in [0.25, 0.3) is 0 Å². The first kappa shape index (κ1) is 16.2. The first-order valence-electron chi connectivity index (χ1n) is 6.62. The first-order chi connectivity index (χ1) is 8.75. The number of carbonyl (C=O) groups is 1. The Kier molecular flexibility index (Phi) is 5.16. The van der Waals surface area contributed by atoms with Crippen LogP contribution in [0.3, 0.4) is 0 Å². The fourth-order valence-electron chi connectivity index (χ4n) is 1.92. The van der Waals surface area contributed by atoms with E-state index in [0.29, 0.717) is 12.8 Å². The Balaban J connectivity index is 2.90. The highest BCUT2D eigenvalue weighted by Gasteiger charge is 2.34. The molecular formula is C15H23BrN2O. The fourth-order valence-corrected chi connectivity index (χ4v) is 2.18. The molecule has 1 aromatic carbocycles. The molecule has 0 unspecified atom stereocenters. The number of hydrogen-bond donors (Lipinski definition) is 2. The molecule has 1 aromatic rings. The normalized spacial score (nSPS) is 12.3. The van der Waals surface area contributed by atoms with Crippen LogP contribution in [0.15, 0.2) is 28.7 Å². The molecule has 1 amide bonds. The van der Waals surface area contributed by atoms with Gasteiger partial charge in [-0.25, -0.2) is 0 Å². The number of benzene rings is 1. The molecule has 4 heteroatoms. The van der Waals surface area contributed by atoms with E-state index in [1.807, 2.05) is 52.0 Å². The summed E-state index contributed by atoms with van der Waals surface area (Å²) < 4.78 is 1.02. The Morgan fingerprint density at radius 1 is 1.21 bits per heavy atom. The number of nitrogens with two attached hydrogens (primary N) is 1. The van der Waals surface area contributed by atoms with Gasteiger partial charge in [0.1, 0.15) is 0 Å². The molecule has 0 saturated carbocycles. The van der Waals surface area contributed by atoms with Crippen LogP contribution in [0, 0.1) is 0 Å². The second-order valence-corrected chi connectivity index (χ2v) is 6.36. The van der Waals surface area contributed by atoms with Crippen molar-refractivity contribution in [2.75, 3.05) is 0 Å². The van der Waals surface area contributed by atoms with Crippen molar-refractivity contribution in [1.82, 2.24) is 5.32 Å². The van der Waals surface area contributed by atoms with E-state index in [1.54, 1.807) is 0 Å². The number of carbonyl (C=O) groups excluding carboxylic acids is 1. The average Bonchev–Trinajstić information content (AvgIpc) is 2.37. The number of nitrogens with one attached hydrogen (secondary N) is 1. The Morgan fingerprint density at radius 2 is 1.68 bits per heavy atom. The van der Waals surface area contributed by atoms with Gasteiger partial charge in [0.15, 0.2) is 0 Å². The molecule has 0 aliphatic carbocycles. The quantitative estimate of drug-likeness (QED) is 0.872. The molecule has 0 aliphatic rings. The fraction of sp³-hybridized carbons (Fsp3) is 0.533. The van der Waals surface area contributed by atoms with Gasteiger partial charge >= 0.3 is 0 Å². The van der Waals surface area contributed by atoms with E-state index in [9.17, 15) is 4.79 Å². The third-order valence-corrected chi connectivity index (χ3v) is 4.23. The van der Waals surface area contributed by atoms with Gasteiger partial charge in [-0.1, -0.05) is 41.9 Å². The largest absolute Gasteiger partial charge is 0.346 e. The lowest BCUT2D eigenvalue weighted by Gasteiger charge is -2.33. The number of amides is 1. The lowest BCUT2D eigenvalue weighted by Crippen LogP contribution is -2.57. The van der Waals surface area contributed by atoms with Gasteiger partial charge in [0, 0.05) is 4.47 Å². The minimum absolute atomic E-state index is 0.0922. The van der Waals surface area contributed by atoms with Crippen LogP contribution in [-0.2, 0) is 10.3 Å². The molecule has 0 atom stereocenters. The van der Waals surface area contributed by atoms with Gasteiger partial charge in [0.2, 0.25) is 5.91 Å². The zero-order chi connectivity index (χ0) is 14.7. The molecule has 3 N–H and O–H groups in total. The van der Waals surface area contributed by atoms with Gasteiger partial charge < -0.3 is 11.1 Å². The maximum Gasteiger partial charge on any atom is 0.240 e. The average molecular weight is 327 g/mol. The van der Waals surface area contributed by atoms with Crippen molar-refractivity contribution in [2.45, 2.75) is 51.6 Å². The molecule has 19 heavy (non-hydrogen) atoms. The van der Waals surface area contributed by atoms with E-state index < -0.39 is 11.1 Å². The van der Waals surface area contributed by atoms with Crippen molar-refractivity contribution in [3.05, 3.63) is 34.3 Å². The van der Waals surface area contributed by atoms with E-state index in [1.165, 1.54) is 0 Å². The molecule has 1 rings (SSSR count). The van der Waals surface area contributed by atoms with Crippen LogP contribution in [0.5, 0.6) is 0 Å². The summed E-state index contributed by atoms with van der Waals surface area (Å²) in [5, 5.41) is 3.06. The Morgan fingerprint density at radius 3 is 2.11 bits per heavy atom. The highest BCUT2D eigenvalue weighted by atomic mass is 79.9. The van der Waals surface area contributed by atoms with Crippen LogP contribution >= 0.6 is 15.9 Å². The molecule has 3 nitrogen and oxygen atoms in total. The maximum absolute atomic E-state index is 12.3. The number of hydrogen-bond acceptors (Lipinski definition) is 2. The first-order valence-corrected chi connectivity index (χ1v) is 7.42. The van der Waals surface area contributed by atoms with Crippen LogP contribution < -0.4 is 11.1 Å². The Bertz CT molecular complexity index is 436. The van der Waals surface area contributed by atoms with Gasteiger partial charge in [-0.15, -0.1) is 0 Å². The standard InChI is InChI=1S/C15H23BrN2O/c1-5-15(17,6-2)13(19)18-14(3,4)11-7-9-12(16)10-8-11/h7-10H,5-6,17H2,1-4H3,(H,18,19). The molecule has 0 saturated heterocycles. The Labute approximate surface area is 124 Å². The lowest BCUT2D eigenvalue weighted by molar-refractivity contribution is -0.128. The van der Waals surface area contributed by atoms with Gasteiger partial charge in [0.25, 0.3) is 0 Å². The summed E-state index contributed by atoms with van der Waals surface area (Å²) in [6, 6.07) is 7.94. The lowest BCUT2D eigenvalue weighted by atomic mass is 9.89.